The van der Waals surface area contributed by atoms with Gasteiger partial charge in [-0.15, -0.1) is 0 Å². The second-order valence-corrected chi connectivity index (χ2v) is 7.70. The van der Waals surface area contributed by atoms with Crippen LogP contribution in [0.15, 0.2) is 24.3 Å². The van der Waals surface area contributed by atoms with E-state index in [-0.39, 0.29) is 42.3 Å². The van der Waals surface area contributed by atoms with Gasteiger partial charge in [-0.2, -0.15) is 0 Å². The lowest BCUT2D eigenvalue weighted by Crippen LogP contribution is -2.52. The molecule has 1 aliphatic carbocycles. The maximum Gasteiger partial charge on any atom is 0.251 e. The molecule has 6 nitrogen and oxygen atoms in total. The molecule has 3 N–H and O–H groups in total. The van der Waals surface area contributed by atoms with Crippen LogP contribution in [0, 0.1) is 11.7 Å². The lowest BCUT2D eigenvalue weighted by Gasteiger charge is -2.36. The van der Waals surface area contributed by atoms with Crippen molar-refractivity contribution in [3.63, 3.8) is 0 Å². The van der Waals surface area contributed by atoms with E-state index >= 15 is 0 Å². The Bertz CT molecular complexity index is 661. The number of benzene rings is 1. The highest BCUT2D eigenvalue weighted by Crippen LogP contribution is 2.26. The first-order valence-corrected chi connectivity index (χ1v) is 10.2. The van der Waals surface area contributed by atoms with Crippen LogP contribution in [0.1, 0.15) is 55.3 Å². The number of hydrogen-bond donors (Lipinski definition) is 3. The summed E-state index contributed by atoms with van der Waals surface area (Å²) in [6, 6.07) is 5.24. The quantitative estimate of drug-likeness (QED) is 0.664. The van der Waals surface area contributed by atoms with Crippen molar-refractivity contribution in [1.82, 2.24) is 10.6 Å². The minimum Gasteiger partial charge on any atom is -0.394 e. The maximum atomic E-state index is 12.9. The molecule has 1 saturated heterocycles. The standard InChI is InChI=1S/C21H29FN2O4/c22-16-7-5-15(6-8-16)20(26)23-12-11-17-9-10-18(19(13-25)28-17)24-21(27)14-3-1-2-4-14/h5-8,14,17-19,25H,1-4,9-13H2,(H,23,26)(H,24,27)/t17-,18-,19-/m0/s1. The third-order valence-corrected chi connectivity index (χ3v) is 5.71. The van der Waals surface area contributed by atoms with E-state index in [1.54, 1.807) is 0 Å². The summed E-state index contributed by atoms with van der Waals surface area (Å²) in [7, 11) is 0. The van der Waals surface area contributed by atoms with E-state index in [4.69, 9.17) is 4.74 Å². The predicted octanol–water partition coefficient (Wildman–Crippen LogP) is 2.16. The smallest absolute Gasteiger partial charge is 0.251 e. The van der Waals surface area contributed by atoms with Gasteiger partial charge >= 0.3 is 0 Å². The van der Waals surface area contributed by atoms with Gasteiger partial charge < -0.3 is 20.5 Å². The van der Waals surface area contributed by atoms with Gasteiger partial charge in [-0.3, -0.25) is 9.59 Å². The monoisotopic (exact) mass is 392 g/mol. The number of hydrogen-bond acceptors (Lipinski definition) is 4. The van der Waals surface area contributed by atoms with Crippen molar-refractivity contribution in [2.75, 3.05) is 13.2 Å². The third kappa shape index (κ3) is 5.52. The Kier molecular flexibility index (Phi) is 7.39. The molecule has 0 aromatic heterocycles. The topological polar surface area (TPSA) is 87.7 Å². The van der Waals surface area contributed by atoms with Crippen molar-refractivity contribution in [3.05, 3.63) is 35.6 Å². The van der Waals surface area contributed by atoms with E-state index < -0.39 is 6.10 Å². The summed E-state index contributed by atoms with van der Waals surface area (Å²) in [5, 5.41) is 15.5. The van der Waals surface area contributed by atoms with E-state index in [1.165, 1.54) is 24.3 Å². The lowest BCUT2D eigenvalue weighted by molar-refractivity contribution is -0.131. The van der Waals surface area contributed by atoms with Crippen LogP contribution >= 0.6 is 0 Å². The highest BCUT2D eigenvalue weighted by molar-refractivity contribution is 5.94. The van der Waals surface area contributed by atoms with Crippen LogP contribution in [0.2, 0.25) is 0 Å². The van der Waals surface area contributed by atoms with Crippen molar-refractivity contribution in [1.29, 1.82) is 0 Å². The number of rotatable bonds is 7. The van der Waals surface area contributed by atoms with E-state index in [0.717, 1.165) is 38.5 Å². The number of halogens is 1. The minimum absolute atomic E-state index is 0.0783. The van der Waals surface area contributed by atoms with Crippen molar-refractivity contribution in [3.8, 4) is 0 Å². The molecule has 154 valence electrons. The lowest BCUT2D eigenvalue weighted by atomic mass is 9.96. The Morgan fingerprint density at radius 3 is 2.50 bits per heavy atom. The van der Waals surface area contributed by atoms with Crippen LogP contribution < -0.4 is 10.6 Å². The van der Waals surface area contributed by atoms with Crippen molar-refractivity contribution < 1.29 is 23.8 Å². The molecule has 0 radical (unpaired) electrons. The first kappa shape index (κ1) is 20.7. The van der Waals surface area contributed by atoms with Gasteiger partial charge in [0.15, 0.2) is 0 Å². The summed E-state index contributed by atoms with van der Waals surface area (Å²) < 4.78 is 18.9. The average Bonchev–Trinajstić information content (AvgIpc) is 3.24. The number of carbonyl (C=O) groups is 2. The first-order chi connectivity index (χ1) is 13.6. The molecule has 3 rings (SSSR count). The number of carbonyl (C=O) groups excluding carboxylic acids is 2. The molecular weight excluding hydrogens is 363 g/mol. The highest BCUT2D eigenvalue weighted by atomic mass is 19.1. The zero-order chi connectivity index (χ0) is 19.9. The molecule has 1 aromatic rings. The summed E-state index contributed by atoms with van der Waals surface area (Å²) in [6.45, 7) is 0.284. The fourth-order valence-corrected chi connectivity index (χ4v) is 4.05. The molecule has 0 bridgehead atoms. The fourth-order valence-electron chi connectivity index (χ4n) is 4.05. The van der Waals surface area contributed by atoms with Crippen LogP contribution in [0.4, 0.5) is 4.39 Å². The molecule has 1 aromatic carbocycles. The normalized spacial score (nSPS) is 25.4. The van der Waals surface area contributed by atoms with Crippen LogP contribution in [0.5, 0.6) is 0 Å². The summed E-state index contributed by atoms with van der Waals surface area (Å²) in [5.74, 6) is -0.457. The van der Waals surface area contributed by atoms with Crippen LogP contribution in [-0.4, -0.2) is 48.3 Å². The largest absolute Gasteiger partial charge is 0.394 e. The third-order valence-electron chi connectivity index (χ3n) is 5.71. The second kappa shape index (κ2) is 9.98. The van der Waals surface area contributed by atoms with E-state index in [1.807, 2.05) is 0 Å². The van der Waals surface area contributed by atoms with Gasteiger partial charge in [-0.1, -0.05) is 12.8 Å². The van der Waals surface area contributed by atoms with Gasteiger partial charge in [0.05, 0.1) is 18.8 Å². The first-order valence-electron chi connectivity index (χ1n) is 10.2. The summed E-state index contributed by atoms with van der Waals surface area (Å²) in [4.78, 5) is 24.4. The molecule has 0 spiro atoms. The molecule has 2 amide bonds. The van der Waals surface area contributed by atoms with E-state index in [2.05, 4.69) is 10.6 Å². The Labute approximate surface area is 164 Å². The summed E-state index contributed by atoms with van der Waals surface area (Å²) >= 11 is 0. The second-order valence-electron chi connectivity index (χ2n) is 7.70. The Balaban J connectivity index is 1.41. The van der Waals surface area contributed by atoms with Crippen LogP contribution in [0.3, 0.4) is 0 Å². The average molecular weight is 392 g/mol. The predicted molar refractivity (Wildman–Crippen MR) is 102 cm³/mol. The molecule has 3 atom stereocenters. The number of aliphatic hydroxyl groups excluding tert-OH is 1. The minimum atomic E-state index is -0.420. The van der Waals surface area contributed by atoms with Gasteiger partial charge in [-0.25, -0.2) is 4.39 Å². The molecule has 7 heteroatoms. The van der Waals surface area contributed by atoms with Crippen molar-refractivity contribution >= 4 is 11.8 Å². The number of amides is 2. The fraction of sp³-hybridized carbons (Fsp3) is 0.619. The Morgan fingerprint density at radius 2 is 1.82 bits per heavy atom. The van der Waals surface area contributed by atoms with E-state index in [9.17, 15) is 19.1 Å². The van der Waals surface area contributed by atoms with Gasteiger partial charge in [0.1, 0.15) is 11.9 Å². The summed E-state index contributed by atoms with van der Waals surface area (Å²) in [5.41, 5.74) is 0.411. The van der Waals surface area contributed by atoms with Crippen LogP contribution in [0.25, 0.3) is 0 Å². The van der Waals surface area contributed by atoms with Gasteiger partial charge in [0.2, 0.25) is 5.91 Å². The molecule has 1 aliphatic heterocycles. The van der Waals surface area contributed by atoms with Gasteiger partial charge in [0, 0.05) is 18.0 Å². The van der Waals surface area contributed by atoms with Gasteiger partial charge in [0.25, 0.3) is 5.91 Å². The summed E-state index contributed by atoms with van der Waals surface area (Å²) in [6.07, 6.45) is 5.73. The SMILES string of the molecule is O=C(NCC[C@@H]1CC[C@H](NC(=O)C2CCCC2)[C@H](CO)O1)c1ccc(F)cc1. The zero-order valence-electron chi connectivity index (χ0n) is 16.0. The molecule has 1 saturated carbocycles. The Morgan fingerprint density at radius 1 is 1.11 bits per heavy atom. The number of nitrogens with one attached hydrogen (secondary N) is 2. The molecule has 2 aliphatic rings. The van der Waals surface area contributed by atoms with Crippen LogP contribution in [-0.2, 0) is 9.53 Å². The molecular formula is C21H29FN2O4. The molecule has 1 heterocycles. The van der Waals surface area contributed by atoms with Crippen molar-refractivity contribution in [2.24, 2.45) is 5.92 Å². The molecule has 28 heavy (non-hydrogen) atoms. The Hall–Kier alpha value is -1.99. The van der Waals surface area contributed by atoms with E-state index in [0.29, 0.717) is 18.5 Å². The maximum absolute atomic E-state index is 12.9. The number of aliphatic hydroxyl groups is 1. The van der Waals surface area contributed by atoms with Gasteiger partial charge in [-0.05, 0) is 56.4 Å². The molecule has 2 fully saturated rings. The number of ether oxygens (including phenoxy) is 1. The highest BCUT2D eigenvalue weighted by Gasteiger charge is 2.33. The molecule has 0 unspecified atom stereocenters. The zero-order valence-corrected chi connectivity index (χ0v) is 16.0. The van der Waals surface area contributed by atoms with Crippen molar-refractivity contribution in [2.45, 2.75) is 63.2 Å².